The van der Waals surface area contributed by atoms with Crippen LogP contribution >= 0.6 is 0 Å². The summed E-state index contributed by atoms with van der Waals surface area (Å²) < 4.78 is 3.83. The third-order valence-electron chi connectivity index (χ3n) is 4.38. The fraction of sp³-hybridized carbons (Fsp3) is 0.357. The normalized spacial score (nSPS) is 19.5. The molecule has 0 aliphatic carbocycles. The van der Waals surface area contributed by atoms with Crippen molar-refractivity contribution in [1.82, 2.24) is 34.3 Å². The molecular weight excluding hydrogens is 280 g/mol. The molecule has 0 N–H and O–H groups in total. The van der Waals surface area contributed by atoms with Gasteiger partial charge in [-0.25, -0.2) is 9.97 Å². The summed E-state index contributed by atoms with van der Waals surface area (Å²) in [6.07, 6.45) is 12.4. The molecule has 3 aromatic heterocycles. The second kappa shape index (κ2) is 4.36. The first-order valence-electron chi connectivity index (χ1n) is 7.44. The minimum Gasteiger partial charge on any atom is -0.344 e. The molecule has 0 spiro atoms. The molecule has 8 nitrogen and oxygen atoms in total. The van der Waals surface area contributed by atoms with Gasteiger partial charge in [-0.1, -0.05) is 0 Å². The summed E-state index contributed by atoms with van der Waals surface area (Å²) >= 11 is 0. The zero-order valence-corrected chi connectivity index (χ0v) is 11.9. The predicted octanol–water partition coefficient (Wildman–Crippen LogP) is 1.29. The third-order valence-corrected chi connectivity index (χ3v) is 4.38. The molecule has 0 radical (unpaired) electrons. The number of hydrogen-bond acceptors (Lipinski definition) is 6. The average Bonchev–Trinajstić information content (AvgIpc) is 3.26. The number of nitrogens with zero attached hydrogens (tertiary/aromatic N) is 8. The van der Waals surface area contributed by atoms with Crippen LogP contribution in [-0.2, 0) is 0 Å². The molecule has 1 saturated heterocycles. The van der Waals surface area contributed by atoms with Crippen LogP contribution in [0.4, 0.5) is 5.82 Å². The monoisotopic (exact) mass is 294 g/mol. The van der Waals surface area contributed by atoms with E-state index >= 15 is 0 Å². The van der Waals surface area contributed by atoms with Crippen molar-refractivity contribution in [2.45, 2.75) is 25.3 Å². The van der Waals surface area contributed by atoms with Crippen LogP contribution in [0.5, 0.6) is 0 Å². The van der Waals surface area contributed by atoms with Crippen LogP contribution in [0.15, 0.2) is 31.2 Å². The molecule has 22 heavy (non-hydrogen) atoms. The smallest absolute Gasteiger partial charge is 0.236 e. The van der Waals surface area contributed by atoms with Crippen LogP contribution in [0.25, 0.3) is 11.6 Å². The highest BCUT2D eigenvalue weighted by atomic mass is 15.4. The summed E-state index contributed by atoms with van der Waals surface area (Å²) in [4.78, 5) is 15.6. The number of fused-ring (bicyclic) bond motifs is 6. The number of rotatable bonds is 1. The Hall–Kier alpha value is -2.77. The standard InChI is InChI=1S/C14H14N8/c1-2-5-21-10(3-1)13-19-17-9-22(13)11-7-16-14(18-12(11)21)20-6-4-15-8-20/h4,6-10H,1-3,5H2. The summed E-state index contributed by atoms with van der Waals surface area (Å²) in [7, 11) is 0. The van der Waals surface area contributed by atoms with E-state index < -0.39 is 0 Å². The van der Waals surface area contributed by atoms with E-state index in [1.54, 1.807) is 18.9 Å². The van der Waals surface area contributed by atoms with Crippen molar-refractivity contribution < 1.29 is 0 Å². The van der Waals surface area contributed by atoms with E-state index in [1.807, 2.05) is 21.5 Å². The lowest BCUT2D eigenvalue weighted by Gasteiger charge is -2.40. The van der Waals surface area contributed by atoms with Crippen molar-refractivity contribution in [2.75, 3.05) is 11.4 Å². The van der Waals surface area contributed by atoms with Gasteiger partial charge in [-0.05, 0) is 19.3 Å². The summed E-state index contributed by atoms with van der Waals surface area (Å²) in [6.45, 7) is 0.991. The van der Waals surface area contributed by atoms with Crippen molar-refractivity contribution >= 4 is 5.82 Å². The lowest BCUT2D eigenvalue weighted by molar-refractivity contribution is 0.437. The maximum absolute atomic E-state index is 4.78. The largest absolute Gasteiger partial charge is 0.344 e. The highest BCUT2D eigenvalue weighted by Gasteiger charge is 2.36. The Balaban J connectivity index is 1.72. The maximum atomic E-state index is 4.78. The van der Waals surface area contributed by atoms with Gasteiger partial charge >= 0.3 is 0 Å². The van der Waals surface area contributed by atoms with Crippen LogP contribution in [-0.4, -0.2) is 40.8 Å². The number of anilines is 1. The van der Waals surface area contributed by atoms with E-state index in [1.165, 1.54) is 12.8 Å². The molecule has 1 unspecified atom stereocenters. The van der Waals surface area contributed by atoms with Crippen LogP contribution in [0.2, 0.25) is 0 Å². The number of aromatic nitrogens is 7. The second-order valence-corrected chi connectivity index (χ2v) is 5.61. The molecule has 2 aliphatic heterocycles. The third kappa shape index (κ3) is 1.54. The highest BCUT2D eigenvalue weighted by molar-refractivity contribution is 5.62. The van der Waals surface area contributed by atoms with Gasteiger partial charge < -0.3 is 4.90 Å². The Morgan fingerprint density at radius 3 is 3.09 bits per heavy atom. The molecule has 0 saturated carbocycles. The molecule has 0 aromatic carbocycles. The van der Waals surface area contributed by atoms with Gasteiger partial charge in [0.1, 0.15) is 18.3 Å². The van der Waals surface area contributed by atoms with Gasteiger partial charge in [0.05, 0.1) is 12.2 Å². The first-order chi connectivity index (χ1) is 10.9. The van der Waals surface area contributed by atoms with Crippen LogP contribution in [0.1, 0.15) is 31.1 Å². The van der Waals surface area contributed by atoms with E-state index in [4.69, 9.17) is 4.98 Å². The van der Waals surface area contributed by atoms with Crippen LogP contribution < -0.4 is 4.90 Å². The van der Waals surface area contributed by atoms with Crippen molar-refractivity contribution in [3.05, 3.63) is 37.1 Å². The van der Waals surface area contributed by atoms with Gasteiger partial charge in [-0.3, -0.25) is 9.13 Å². The molecule has 0 amide bonds. The Bertz CT molecular complexity index is 821. The lowest BCUT2D eigenvalue weighted by atomic mass is 9.99. The van der Waals surface area contributed by atoms with E-state index in [2.05, 4.69) is 25.1 Å². The highest BCUT2D eigenvalue weighted by Crippen LogP contribution is 2.40. The van der Waals surface area contributed by atoms with E-state index in [-0.39, 0.29) is 6.04 Å². The molecule has 110 valence electrons. The van der Waals surface area contributed by atoms with Crippen molar-refractivity contribution in [1.29, 1.82) is 0 Å². The van der Waals surface area contributed by atoms with Crippen molar-refractivity contribution in [3.8, 4) is 11.6 Å². The maximum Gasteiger partial charge on any atom is 0.236 e. The van der Waals surface area contributed by atoms with Gasteiger partial charge in [0, 0.05) is 18.9 Å². The van der Waals surface area contributed by atoms with Gasteiger partial charge in [0.15, 0.2) is 11.6 Å². The molecule has 0 bridgehead atoms. The SMILES string of the molecule is c1cn(-c2ncc3c(n2)N2CCCCC2c2nncn2-3)cn1. The van der Waals surface area contributed by atoms with E-state index in [9.17, 15) is 0 Å². The minimum absolute atomic E-state index is 0.259. The Kier molecular flexibility index (Phi) is 2.35. The molecule has 2 aliphatic rings. The molecular formula is C14H14N8. The van der Waals surface area contributed by atoms with Crippen LogP contribution in [0, 0.1) is 0 Å². The van der Waals surface area contributed by atoms with Gasteiger partial charge in [-0.15, -0.1) is 10.2 Å². The van der Waals surface area contributed by atoms with E-state index in [0.29, 0.717) is 5.95 Å². The molecule has 8 heteroatoms. The first-order valence-corrected chi connectivity index (χ1v) is 7.44. The number of imidazole rings is 1. The second-order valence-electron chi connectivity index (χ2n) is 5.61. The lowest BCUT2D eigenvalue weighted by Crippen LogP contribution is -2.39. The Morgan fingerprint density at radius 1 is 1.18 bits per heavy atom. The quantitative estimate of drug-likeness (QED) is 0.673. The minimum atomic E-state index is 0.259. The topological polar surface area (TPSA) is 77.5 Å². The Labute approximate surface area is 126 Å². The van der Waals surface area contributed by atoms with Crippen molar-refractivity contribution in [2.24, 2.45) is 0 Å². The summed E-state index contributed by atoms with van der Waals surface area (Å²) in [6, 6.07) is 0.259. The fourth-order valence-corrected chi connectivity index (χ4v) is 3.35. The average molecular weight is 294 g/mol. The molecule has 3 aromatic rings. The van der Waals surface area contributed by atoms with Gasteiger partial charge in [-0.2, -0.15) is 4.98 Å². The molecule has 5 rings (SSSR count). The van der Waals surface area contributed by atoms with Gasteiger partial charge in [0.2, 0.25) is 5.95 Å². The number of piperidine rings is 1. The van der Waals surface area contributed by atoms with Crippen LogP contribution in [0.3, 0.4) is 0 Å². The zero-order chi connectivity index (χ0) is 14.5. The molecule has 1 fully saturated rings. The zero-order valence-electron chi connectivity index (χ0n) is 11.9. The predicted molar refractivity (Wildman–Crippen MR) is 78.0 cm³/mol. The number of hydrogen-bond donors (Lipinski definition) is 0. The summed E-state index contributed by atoms with van der Waals surface area (Å²) in [5, 5.41) is 8.39. The fourth-order valence-electron chi connectivity index (χ4n) is 3.35. The summed E-state index contributed by atoms with van der Waals surface area (Å²) in [5.74, 6) is 2.58. The summed E-state index contributed by atoms with van der Waals surface area (Å²) in [5.41, 5.74) is 0.946. The van der Waals surface area contributed by atoms with E-state index in [0.717, 1.165) is 30.3 Å². The Morgan fingerprint density at radius 2 is 2.18 bits per heavy atom. The van der Waals surface area contributed by atoms with Crippen molar-refractivity contribution in [3.63, 3.8) is 0 Å². The van der Waals surface area contributed by atoms with Gasteiger partial charge in [0.25, 0.3) is 0 Å². The first kappa shape index (κ1) is 11.8. The molecule has 5 heterocycles. The molecule has 1 atom stereocenters.